The van der Waals surface area contributed by atoms with Crippen molar-refractivity contribution < 1.29 is 23.2 Å². The first-order valence-electron chi connectivity index (χ1n) is 6.90. The normalized spacial score (nSPS) is 8.91. The van der Waals surface area contributed by atoms with E-state index in [9.17, 15) is 14.5 Å². The number of Topliss-reactive ketones (excluding diaryl/α,β-unsaturated/α-hetero) is 2. The van der Waals surface area contributed by atoms with Gasteiger partial charge in [-0.15, -0.1) is 0 Å². The smallest absolute Gasteiger partial charge is 0.197 e. The van der Waals surface area contributed by atoms with Gasteiger partial charge < -0.3 is 8.83 Å². The van der Waals surface area contributed by atoms with E-state index in [4.69, 9.17) is 8.83 Å². The third-order valence-electron chi connectivity index (χ3n) is 2.23. The number of furan rings is 2. The predicted molar refractivity (Wildman–Crippen MR) is 82.1 cm³/mol. The van der Waals surface area contributed by atoms with Gasteiger partial charge in [-0.25, -0.2) is 0 Å². The van der Waals surface area contributed by atoms with E-state index in [1.165, 1.54) is 26.6 Å². The summed E-state index contributed by atoms with van der Waals surface area (Å²) in [5.74, 6) is 1.02. The molecule has 2 aromatic rings. The summed E-state index contributed by atoms with van der Waals surface area (Å²) in [6.07, 6.45) is 4.02. The van der Waals surface area contributed by atoms with Crippen LogP contribution in [0.1, 0.15) is 47.8 Å². The number of ketones is 2. The average Bonchev–Trinajstić information content (AvgIpc) is 3.18. The zero-order valence-corrected chi connectivity index (χ0v) is 13.4. The number of carbonyl (C=O) groups is 2. The summed E-state index contributed by atoms with van der Waals surface area (Å²) in [5.41, 5.74) is 0. The SMILES string of the molecule is CCC(=O)c1ccco1.CCC(=O)c1ccco1.C[N+](C)=O. The van der Waals surface area contributed by atoms with Gasteiger partial charge in [0.2, 0.25) is 0 Å². The van der Waals surface area contributed by atoms with Crippen molar-refractivity contribution in [3.63, 3.8) is 0 Å². The largest absolute Gasteiger partial charge is 0.461 e. The van der Waals surface area contributed by atoms with Crippen LogP contribution in [-0.2, 0) is 0 Å². The first-order valence-corrected chi connectivity index (χ1v) is 6.90. The fourth-order valence-electron chi connectivity index (χ4n) is 1.22. The first-order chi connectivity index (χ1) is 10.4. The number of hydrogen-bond acceptors (Lipinski definition) is 5. The number of nitroso groups, excluding NO2 is 1. The second-order valence-corrected chi connectivity index (χ2v) is 4.32. The van der Waals surface area contributed by atoms with Crippen LogP contribution < -0.4 is 0 Å². The molecule has 0 N–H and O–H groups in total. The minimum atomic E-state index is 0.0556. The zero-order valence-electron chi connectivity index (χ0n) is 13.4. The monoisotopic (exact) mass is 308 g/mol. The van der Waals surface area contributed by atoms with Gasteiger partial charge in [-0.2, -0.15) is 0 Å². The molecule has 0 aliphatic rings. The third kappa shape index (κ3) is 8.63. The highest BCUT2D eigenvalue weighted by atomic mass is 16.3. The molecular formula is C16H22NO5+. The van der Waals surface area contributed by atoms with E-state index in [1.54, 1.807) is 24.3 Å². The minimum Gasteiger partial charge on any atom is -0.461 e. The Balaban J connectivity index is 0.000000326. The zero-order chi connectivity index (χ0) is 17.0. The Morgan fingerprint density at radius 2 is 1.23 bits per heavy atom. The van der Waals surface area contributed by atoms with Crippen molar-refractivity contribution in [2.24, 2.45) is 0 Å². The first kappa shape index (κ1) is 19.5. The van der Waals surface area contributed by atoms with Gasteiger partial charge in [0.1, 0.15) is 0 Å². The molecule has 2 rings (SSSR count). The van der Waals surface area contributed by atoms with E-state index in [0.717, 1.165) is 4.76 Å². The molecule has 0 atom stereocenters. The molecule has 2 heterocycles. The van der Waals surface area contributed by atoms with Crippen molar-refractivity contribution in [2.45, 2.75) is 26.7 Å². The molecule has 2 aromatic heterocycles. The number of rotatable bonds is 4. The molecule has 6 nitrogen and oxygen atoms in total. The summed E-state index contributed by atoms with van der Waals surface area (Å²) >= 11 is 0. The van der Waals surface area contributed by atoms with E-state index in [-0.39, 0.29) is 11.6 Å². The van der Waals surface area contributed by atoms with Gasteiger partial charge >= 0.3 is 0 Å². The predicted octanol–water partition coefficient (Wildman–Crippen LogP) is 3.77. The fourth-order valence-corrected chi connectivity index (χ4v) is 1.22. The van der Waals surface area contributed by atoms with Crippen molar-refractivity contribution in [3.8, 4) is 0 Å². The van der Waals surface area contributed by atoms with Crippen LogP contribution in [0.5, 0.6) is 0 Å². The molecule has 0 unspecified atom stereocenters. The van der Waals surface area contributed by atoms with Crippen molar-refractivity contribution >= 4 is 11.6 Å². The van der Waals surface area contributed by atoms with Crippen molar-refractivity contribution in [1.29, 1.82) is 0 Å². The molecule has 6 heteroatoms. The van der Waals surface area contributed by atoms with Crippen LogP contribution >= 0.6 is 0 Å². The lowest BCUT2D eigenvalue weighted by atomic mass is 10.2. The van der Waals surface area contributed by atoms with Gasteiger partial charge in [-0.1, -0.05) is 13.8 Å². The molecule has 0 saturated carbocycles. The van der Waals surface area contributed by atoms with Gasteiger partial charge in [-0.05, 0) is 29.0 Å². The van der Waals surface area contributed by atoms with Crippen LogP contribution in [0.4, 0.5) is 0 Å². The van der Waals surface area contributed by atoms with E-state index in [1.807, 2.05) is 13.8 Å². The lowest BCUT2D eigenvalue weighted by Gasteiger charge is -1.86. The summed E-state index contributed by atoms with van der Waals surface area (Å²) in [7, 11) is 2.89. The third-order valence-corrected chi connectivity index (χ3v) is 2.23. The maximum absolute atomic E-state index is 10.8. The Labute approximate surface area is 129 Å². The molecule has 0 aromatic carbocycles. The van der Waals surface area contributed by atoms with E-state index in [2.05, 4.69) is 0 Å². The van der Waals surface area contributed by atoms with Crippen LogP contribution in [0.2, 0.25) is 0 Å². The average molecular weight is 308 g/mol. The Morgan fingerprint density at radius 3 is 1.41 bits per heavy atom. The second-order valence-electron chi connectivity index (χ2n) is 4.32. The van der Waals surface area contributed by atoms with Crippen molar-refractivity contribution in [1.82, 2.24) is 0 Å². The van der Waals surface area contributed by atoms with Crippen LogP contribution in [0, 0.1) is 4.91 Å². The highest BCUT2D eigenvalue weighted by Gasteiger charge is 2.03. The molecule has 120 valence electrons. The molecule has 0 spiro atoms. The Bertz CT molecular complexity index is 505. The summed E-state index contributed by atoms with van der Waals surface area (Å²) in [6, 6.07) is 6.77. The summed E-state index contributed by atoms with van der Waals surface area (Å²) in [5, 5.41) is 0. The highest BCUT2D eigenvalue weighted by Crippen LogP contribution is 2.03. The molecule has 0 radical (unpaired) electrons. The fraction of sp³-hybridized carbons (Fsp3) is 0.375. The van der Waals surface area contributed by atoms with Crippen LogP contribution in [0.15, 0.2) is 45.6 Å². The van der Waals surface area contributed by atoms with Gasteiger partial charge in [-0.3, -0.25) is 9.59 Å². The Morgan fingerprint density at radius 1 is 0.909 bits per heavy atom. The molecule has 0 amide bonds. The number of nitrogens with zero attached hydrogens (tertiary/aromatic N) is 1. The molecule has 0 aliphatic carbocycles. The summed E-state index contributed by atoms with van der Waals surface area (Å²) < 4.78 is 10.4. The molecule has 22 heavy (non-hydrogen) atoms. The summed E-state index contributed by atoms with van der Waals surface area (Å²) in [6.45, 7) is 3.62. The molecule has 0 saturated heterocycles. The number of carbonyl (C=O) groups excluding carboxylic acids is 2. The molecular weight excluding hydrogens is 286 g/mol. The topological polar surface area (TPSA) is 80.5 Å². The van der Waals surface area contributed by atoms with Crippen molar-refractivity contribution in [3.05, 3.63) is 53.2 Å². The van der Waals surface area contributed by atoms with Crippen LogP contribution in [0.3, 0.4) is 0 Å². The quantitative estimate of drug-likeness (QED) is 0.634. The van der Waals surface area contributed by atoms with E-state index >= 15 is 0 Å². The minimum absolute atomic E-state index is 0.0556. The standard InChI is InChI=1S/2C7H8O2.C2H6NO/c2*1-2-6(8)7-4-3-5-9-7;1-3(2)4/h2*3-5H,2H2,1H3;1-2H3/q;;+1. The lowest BCUT2D eigenvalue weighted by Crippen LogP contribution is -1.91. The maximum atomic E-state index is 10.8. The van der Waals surface area contributed by atoms with Gasteiger partial charge in [0.15, 0.2) is 37.2 Å². The van der Waals surface area contributed by atoms with Gasteiger partial charge in [0, 0.05) is 17.7 Å². The Kier molecular flexibility index (Phi) is 9.92. The maximum Gasteiger partial charge on any atom is 0.197 e. The highest BCUT2D eigenvalue weighted by molar-refractivity contribution is 5.93. The molecule has 0 fully saturated rings. The number of hydrogen-bond donors (Lipinski definition) is 0. The van der Waals surface area contributed by atoms with Gasteiger partial charge in [0.25, 0.3) is 0 Å². The second kappa shape index (κ2) is 11.2. The van der Waals surface area contributed by atoms with Crippen LogP contribution in [0.25, 0.3) is 0 Å². The Hall–Kier alpha value is -2.50. The molecule has 0 bridgehead atoms. The van der Waals surface area contributed by atoms with E-state index < -0.39 is 0 Å². The van der Waals surface area contributed by atoms with E-state index in [0.29, 0.717) is 24.4 Å². The van der Waals surface area contributed by atoms with Crippen molar-refractivity contribution in [2.75, 3.05) is 14.1 Å². The van der Waals surface area contributed by atoms with Gasteiger partial charge in [0.05, 0.1) is 12.5 Å². The summed E-state index contributed by atoms with van der Waals surface area (Å²) in [4.78, 5) is 30.9. The lowest BCUT2D eigenvalue weighted by molar-refractivity contribution is -0.486. The van der Waals surface area contributed by atoms with Crippen LogP contribution in [-0.4, -0.2) is 30.4 Å². The molecule has 0 aliphatic heterocycles.